The van der Waals surface area contributed by atoms with Crippen molar-refractivity contribution >= 4 is 45.8 Å². The molecule has 0 aliphatic carbocycles. The third-order valence-corrected chi connectivity index (χ3v) is 2.68. The van der Waals surface area contributed by atoms with Gasteiger partial charge in [0.05, 0.1) is 19.1 Å². The topological polar surface area (TPSA) is 86.2 Å². The van der Waals surface area contributed by atoms with Crippen LogP contribution < -0.4 is 5.73 Å². The quantitative estimate of drug-likeness (QED) is 0.512. The monoisotopic (exact) mass is 326 g/mol. The van der Waals surface area contributed by atoms with E-state index in [2.05, 4.69) is 0 Å². The number of carbonyl (C=O) groups is 1. The van der Waals surface area contributed by atoms with Gasteiger partial charge < -0.3 is 5.73 Å². The molecule has 0 spiro atoms. The summed E-state index contributed by atoms with van der Waals surface area (Å²) < 4.78 is 0.325. The van der Waals surface area contributed by atoms with Crippen molar-refractivity contribution in [2.75, 3.05) is 0 Å². The number of nitrogens with two attached hydrogens (primary N) is 1. The number of amides is 1. The van der Waals surface area contributed by atoms with Gasteiger partial charge in [-0.25, -0.2) is 0 Å². The van der Waals surface area contributed by atoms with E-state index in [9.17, 15) is 14.9 Å². The van der Waals surface area contributed by atoms with Crippen LogP contribution in [0, 0.1) is 13.7 Å². The molecule has 5 nitrogen and oxygen atoms in total. The zero-order chi connectivity index (χ0) is 10.9. The maximum atomic E-state index is 10.8. The molecule has 1 aromatic carbocycles. The van der Waals surface area contributed by atoms with Crippen molar-refractivity contribution in [3.63, 3.8) is 0 Å². The third-order valence-electron chi connectivity index (χ3n) is 1.50. The van der Waals surface area contributed by atoms with Crippen LogP contribution in [0.4, 0.5) is 5.69 Å². The van der Waals surface area contributed by atoms with E-state index >= 15 is 0 Å². The fourth-order valence-corrected chi connectivity index (χ4v) is 1.78. The van der Waals surface area contributed by atoms with Gasteiger partial charge in [0.1, 0.15) is 0 Å². The number of halogens is 2. The van der Waals surface area contributed by atoms with Gasteiger partial charge in [-0.1, -0.05) is 11.6 Å². The standard InChI is InChI=1S/C7H4ClIN2O3/c8-4-2-6(11(13)14)5(9)1-3(4)7(10)12/h1-2H,(H2,10,12). The van der Waals surface area contributed by atoms with Gasteiger partial charge in [-0.2, -0.15) is 0 Å². The van der Waals surface area contributed by atoms with E-state index in [-0.39, 0.29) is 16.3 Å². The van der Waals surface area contributed by atoms with E-state index < -0.39 is 10.8 Å². The number of carbonyl (C=O) groups excluding carboxylic acids is 1. The summed E-state index contributed by atoms with van der Waals surface area (Å²) in [5.41, 5.74) is 4.96. The Morgan fingerprint density at radius 3 is 2.57 bits per heavy atom. The Hall–Kier alpha value is -0.890. The molecule has 1 rings (SSSR count). The summed E-state index contributed by atoms with van der Waals surface area (Å²) in [7, 11) is 0. The highest BCUT2D eigenvalue weighted by atomic mass is 127. The van der Waals surface area contributed by atoms with Crippen LogP contribution in [0.15, 0.2) is 12.1 Å². The summed E-state index contributed by atoms with van der Waals surface area (Å²) in [4.78, 5) is 20.7. The number of hydrogen-bond acceptors (Lipinski definition) is 3. The first-order valence-corrected chi connectivity index (χ1v) is 4.82. The smallest absolute Gasteiger partial charge is 0.284 e. The second kappa shape index (κ2) is 4.09. The zero-order valence-electron chi connectivity index (χ0n) is 6.66. The lowest BCUT2D eigenvalue weighted by Gasteiger charge is -2.01. The predicted molar refractivity (Wildman–Crippen MR) is 59.3 cm³/mol. The van der Waals surface area contributed by atoms with E-state index in [0.717, 1.165) is 6.07 Å². The third kappa shape index (κ3) is 2.13. The first-order chi connectivity index (χ1) is 6.43. The Bertz CT molecular complexity index is 382. The van der Waals surface area contributed by atoms with Crippen molar-refractivity contribution in [3.8, 4) is 0 Å². The lowest BCUT2D eigenvalue weighted by Crippen LogP contribution is -2.12. The van der Waals surface area contributed by atoms with Crippen molar-refractivity contribution < 1.29 is 9.72 Å². The van der Waals surface area contributed by atoms with E-state index in [1.165, 1.54) is 6.07 Å². The molecule has 0 saturated heterocycles. The largest absolute Gasteiger partial charge is 0.366 e. The number of nitrogens with zero attached hydrogens (tertiary/aromatic N) is 1. The van der Waals surface area contributed by atoms with Gasteiger partial charge in [0, 0.05) is 6.07 Å². The zero-order valence-corrected chi connectivity index (χ0v) is 9.57. The fraction of sp³-hybridized carbons (Fsp3) is 0. The molecule has 0 heterocycles. The van der Waals surface area contributed by atoms with Crippen molar-refractivity contribution in [1.29, 1.82) is 0 Å². The second-order valence-corrected chi connectivity index (χ2v) is 3.97. The van der Waals surface area contributed by atoms with Gasteiger partial charge in [0.2, 0.25) is 5.91 Å². The van der Waals surface area contributed by atoms with Gasteiger partial charge in [-0.05, 0) is 28.7 Å². The van der Waals surface area contributed by atoms with Crippen molar-refractivity contribution in [2.45, 2.75) is 0 Å². The van der Waals surface area contributed by atoms with Crippen LogP contribution in [0.1, 0.15) is 10.4 Å². The van der Waals surface area contributed by atoms with Crippen LogP contribution >= 0.6 is 34.2 Å². The van der Waals surface area contributed by atoms with Crippen LogP contribution in [0.2, 0.25) is 5.02 Å². The normalized spacial score (nSPS) is 9.86. The molecule has 74 valence electrons. The van der Waals surface area contributed by atoms with Gasteiger partial charge in [0.25, 0.3) is 5.69 Å². The Labute approximate surface area is 97.5 Å². The Balaban J connectivity index is 3.38. The molecule has 0 unspecified atom stereocenters. The molecule has 0 aliphatic heterocycles. The molecule has 1 aromatic rings. The highest BCUT2D eigenvalue weighted by Gasteiger charge is 2.17. The molecule has 0 atom stereocenters. The lowest BCUT2D eigenvalue weighted by atomic mass is 10.2. The molecule has 0 fully saturated rings. The van der Waals surface area contributed by atoms with E-state index in [4.69, 9.17) is 17.3 Å². The average molecular weight is 326 g/mol. The van der Waals surface area contributed by atoms with E-state index in [0.29, 0.717) is 3.57 Å². The molecule has 0 aliphatic rings. The molecule has 0 radical (unpaired) electrons. The number of benzene rings is 1. The van der Waals surface area contributed by atoms with Crippen molar-refractivity contribution in [1.82, 2.24) is 0 Å². The molecule has 1 amide bonds. The molecule has 0 bridgehead atoms. The first-order valence-electron chi connectivity index (χ1n) is 3.36. The summed E-state index contributed by atoms with van der Waals surface area (Å²) in [6.45, 7) is 0. The lowest BCUT2D eigenvalue weighted by molar-refractivity contribution is -0.385. The maximum absolute atomic E-state index is 10.8. The molecule has 7 heteroatoms. The number of hydrogen-bond donors (Lipinski definition) is 1. The van der Waals surface area contributed by atoms with Crippen molar-refractivity contribution in [2.24, 2.45) is 5.73 Å². The summed E-state index contributed by atoms with van der Waals surface area (Å²) in [6.07, 6.45) is 0. The number of rotatable bonds is 2. The SMILES string of the molecule is NC(=O)c1cc(I)c([N+](=O)[O-])cc1Cl. The van der Waals surface area contributed by atoms with Gasteiger partial charge in [-0.3, -0.25) is 14.9 Å². The molecule has 2 N–H and O–H groups in total. The number of nitro benzene ring substituents is 1. The Morgan fingerprint density at radius 2 is 2.14 bits per heavy atom. The maximum Gasteiger partial charge on any atom is 0.284 e. The molecule has 0 saturated carbocycles. The van der Waals surface area contributed by atoms with Crippen molar-refractivity contribution in [3.05, 3.63) is 36.4 Å². The van der Waals surface area contributed by atoms with Gasteiger partial charge in [-0.15, -0.1) is 0 Å². The summed E-state index contributed by atoms with van der Waals surface area (Å²) in [6, 6.07) is 2.41. The average Bonchev–Trinajstić information content (AvgIpc) is 2.07. The highest BCUT2D eigenvalue weighted by Crippen LogP contribution is 2.27. The predicted octanol–water partition coefficient (Wildman–Crippen LogP) is 1.95. The molecule has 0 aromatic heterocycles. The molecular formula is C7H4ClIN2O3. The van der Waals surface area contributed by atoms with E-state index in [1.54, 1.807) is 22.6 Å². The molecule has 14 heavy (non-hydrogen) atoms. The minimum Gasteiger partial charge on any atom is -0.366 e. The number of primary amides is 1. The van der Waals surface area contributed by atoms with Crippen LogP contribution in [0.5, 0.6) is 0 Å². The first kappa shape index (κ1) is 11.2. The van der Waals surface area contributed by atoms with Gasteiger partial charge >= 0.3 is 0 Å². The van der Waals surface area contributed by atoms with E-state index in [1.807, 2.05) is 0 Å². The minimum atomic E-state index is -0.706. The van der Waals surface area contributed by atoms with Gasteiger partial charge in [0.15, 0.2) is 0 Å². The van der Waals surface area contributed by atoms with Crippen LogP contribution in [0.25, 0.3) is 0 Å². The number of nitro groups is 1. The summed E-state index contributed by atoms with van der Waals surface area (Å²) >= 11 is 7.37. The highest BCUT2D eigenvalue weighted by molar-refractivity contribution is 14.1. The minimum absolute atomic E-state index is 0.00961. The van der Waals surface area contributed by atoms with Crippen LogP contribution in [-0.2, 0) is 0 Å². The second-order valence-electron chi connectivity index (χ2n) is 2.40. The van der Waals surface area contributed by atoms with Crippen LogP contribution in [-0.4, -0.2) is 10.8 Å². The summed E-state index contributed by atoms with van der Waals surface area (Å²) in [5.74, 6) is -0.706. The Kier molecular flexibility index (Phi) is 3.27. The fourth-order valence-electron chi connectivity index (χ4n) is 0.865. The van der Waals surface area contributed by atoms with Crippen LogP contribution in [0.3, 0.4) is 0 Å². The Morgan fingerprint density at radius 1 is 1.57 bits per heavy atom. The molecular weight excluding hydrogens is 322 g/mol. The summed E-state index contributed by atoms with van der Waals surface area (Å²) in [5, 5.41) is 10.5.